The van der Waals surface area contributed by atoms with Crippen molar-refractivity contribution in [3.63, 3.8) is 0 Å². The first-order valence-corrected chi connectivity index (χ1v) is 9.22. The maximum absolute atomic E-state index is 12.0. The summed E-state index contributed by atoms with van der Waals surface area (Å²) in [6.45, 7) is 0.720. The number of nitriles is 1. The Hall–Kier alpha value is -3.56. The monoisotopic (exact) mass is 389 g/mol. The molecule has 0 aliphatic rings. The molecular formula is C23H23N3O3. The second kappa shape index (κ2) is 9.09. The Morgan fingerprint density at radius 1 is 1.17 bits per heavy atom. The van der Waals surface area contributed by atoms with E-state index < -0.39 is 5.91 Å². The van der Waals surface area contributed by atoms with E-state index in [9.17, 15) is 10.1 Å². The second-order valence-electron chi connectivity index (χ2n) is 6.76. The molecule has 0 aliphatic heterocycles. The number of rotatable bonds is 7. The zero-order valence-corrected chi connectivity index (χ0v) is 16.7. The highest BCUT2D eigenvalue weighted by Crippen LogP contribution is 2.28. The third kappa shape index (κ3) is 4.84. The first-order chi connectivity index (χ1) is 14.0. The summed E-state index contributed by atoms with van der Waals surface area (Å²) in [5, 5.41) is 14.1. The average molecular weight is 389 g/mol. The van der Waals surface area contributed by atoms with E-state index in [-0.39, 0.29) is 5.57 Å². The molecule has 0 fully saturated rings. The van der Waals surface area contributed by atoms with Gasteiger partial charge in [-0.05, 0) is 41.1 Å². The van der Waals surface area contributed by atoms with Crippen LogP contribution in [0.15, 0.2) is 58.5 Å². The van der Waals surface area contributed by atoms with E-state index in [1.54, 1.807) is 13.2 Å². The zero-order valence-electron chi connectivity index (χ0n) is 16.7. The van der Waals surface area contributed by atoms with E-state index in [1.807, 2.05) is 32.3 Å². The molecule has 0 saturated carbocycles. The number of ether oxygens (including phenoxy) is 1. The summed E-state index contributed by atoms with van der Waals surface area (Å²) in [5.41, 5.74) is 2.05. The molecule has 2 aromatic carbocycles. The number of carbonyl (C=O) groups excluding carboxylic acids is 1. The number of methoxy groups -OCH3 is 1. The van der Waals surface area contributed by atoms with Crippen molar-refractivity contribution in [3.05, 3.63) is 59.9 Å². The van der Waals surface area contributed by atoms with Crippen LogP contribution in [0.1, 0.15) is 5.76 Å². The number of nitrogens with one attached hydrogen (secondary N) is 1. The van der Waals surface area contributed by atoms with Crippen LogP contribution < -0.4 is 10.2 Å². The van der Waals surface area contributed by atoms with Crippen molar-refractivity contribution in [2.75, 3.05) is 39.3 Å². The molecule has 0 unspecified atom stereocenters. The third-order valence-electron chi connectivity index (χ3n) is 4.49. The minimum atomic E-state index is -0.454. The van der Waals surface area contributed by atoms with Crippen LogP contribution in [-0.4, -0.2) is 40.3 Å². The summed E-state index contributed by atoms with van der Waals surface area (Å²) in [7, 11) is 5.58. The van der Waals surface area contributed by atoms with Gasteiger partial charge < -0.3 is 19.4 Å². The Morgan fingerprint density at radius 2 is 1.93 bits per heavy atom. The molecule has 6 nitrogen and oxygen atoms in total. The molecule has 1 aromatic heterocycles. The Labute approximate surface area is 170 Å². The van der Waals surface area contributed by atoms with Gasteiger partial charge in [0, 0.05) is 45.1 Å². The molecule has 0 aliphatic carbocycles. The molecular weight excluding hydrogens is 366 g/mol. The van der Waals surface area contributed by atoms with Crippen molar-refractivity contribution >= 4 is 28.4 Å². The quantitative estimate of drug-likeness (QED) is 0.377. The van der Waals surface area contributed by atoms with Gasteiger partial charge >= 0.3 is 0 Å². The lowest BCUT2D eigenvalue weighted by Crippen LogP contribution is -2.27. The Morgan fingerprint density at radius 3 is 2.66 bits per heavy atom. The standard InChI is InChI=1S/C23H23N3O3/c1-26(2)20-7-6-16-12-18(5-4-17(16)13-20)22-9-8-21(29-22)14-19(15-24)23(27)25-10-11-28-3/h4-9,12-14H,10-11H2,1-3H3,(H,25,27)/b19-14+. The van der Waals surface area contributed by atoms with E-state index in [4.69, 9.17) is 9.15 Å². The number of hydrogen-bond acceptors (Lipinski definition) is 5. The smallest absolute Gasteiger partial charge is 0.262 e. The lowest BCUT2D eigenvalue weighted by atomic mass is 10.0. The molecule has 0 radical (unpaired) electrons. The summed E-state index contributed by atoms with van der Waals surface area (Å²) >= 11 is 0. The molecule has 1 heterocycles. The molecule has 29 heavy (non-hydrogen) atoms. The minimum Gasteiger partial charge on any atom is -0.457 e. The van der Waals surface area contributed by atoms with Gasteiger partial charge in [-0.3, -0.25) is 4.79 Å². The average Bonchev–Trinajstić information content (AvgIpc) is 3.20. The SMILES string of the molecule is COCCNC(=O)/C(C#N)=C/c1ccc(-c2ccc3cc(N(C)C)ccc3c2)o1. The van der Waals surface area contributed by atoms with Crippen molar-refractivity contribution in [3.8, 4) is 17.4 Å². The summed E-state index contributed by atoms with van der Waals surface area (Å²) in [4.78, 5) is 14.1. The lowest BCUT2D eigenvalue weighted by molar-refractivity contribution is -0.117. The summed E-state index contributed by atoms with van der Waals surface area (Å²) in [6, 6.07) is 17.9. The van der Waals surface area contributed by atoms with Gasteiger partial charge in [-0.15, -0.1) is 0 Å². The largest absolute Gasteiger partial charge is 0.457 e. The molecule has 148 valence electrons. The molecule has 6 heteroatoms. The van der Waals surface area contributed by atoms with Gasteiger partial charge in [0.1, 0.15) is 23.2 Å². The summed E-state index contributed by atoms with van der Waals surface area (Å²) < 4.78 is 10.7. The second-order valence-corrected chi connectivity index (χ2v) is 6.76. The molecule has 0 saturated heterocycles. The Bertz CT molecular complexity index is 1090. The van der Waals surface area contributed by atoms with Crippen molar-refractivity contribution in [1.82, 2.24) is 5.32 Å². The van der Waals surface area contributed by atoms with Crippen LogP contribution in [0, 0.1) is 11.3 Å². The topological polar surface area (TPSA) is 78.5 Å². The van der Waals surface area contributed by atoms with E-state index in [0.29, 0.717) is 24.7 Å². The van der Waals surface area contributed by atoms with Crippen molar-refractivity contribution in [2.45, 2.75) is 0 Å². The van der Waals surface area contributed by atoms with Crippen molar-refractivity contribution < 1.29 is 13.9 Å². The fourth-order valence-corrected chi connectivity index (χ4v) is 2.90. The highest BCUT2D eigenvalue weighted by molar-refractivity contribution is 6.01. The Balaban J connectivity index is 1.82. The van der Waals surface area contributed by atoms with Crippen LogP contribution in [0.4, 0.5) is 5.69 Å². The molecule has 3 aromatic rings. The lowest BCUT2D eigenvalue weighted by Gasteiger charge is -2.13. The maximum atomic E-state index is 12.0. The van der Waals surface area contributed by atoms with Crippen LogP contribution in [0.5, 0.6) is 0 Å². The van der Waals surface area contributed by atoms with E-state index in [0.717, 1.165) is 22.0 Å². The third-order valence-corrected chi connectivity index (χ3v) is 4.49. The van der Waals surface area contributed by atoms with Crippen LogP contribution in [0.3, 0.4) is 0 Å². The van der Waals surface area contributed by atoms with Gasteiger partial charge in [0.2, 0.25) is 0 Å². The molecule has 1 N–H and O–H groups in total. The van der Waals surface area contributed by atoms with E-state index in [1.165, 1.54) is 6.08 Å². The number of carbonyl (C=O) groups is 1. The maximum Gasteiger partial charge on any atom is 0.262 e. The molecule has 0 atom stereocenters. The van der Waals surface area contributed by atoms with Gasteiger partial charge in [0.05, 0.1) is 6.61 Å². The molecule has 1 amide bonds. The van der Waals surface area contributed by atoms with Crippen LogP contribution in [-0.2, 0) is 9.53 Å². The predicted molar refractivity (Wildman–Crippen MR) is 114 cm³/mol. The van der Waals surface area contributed by atoms with Gasteiger partial charge in [-0.1, -0.05) is 18.2 Å². The molecule has 3 rings (SSSR count). The molecule has 0 spiro atoms. The van der Waals surface area contributed by atoms with Crippen molar-refractivity contribution in [1.29, 1.82) is 5.26 Å². The number of anilines is 1. The number of hydrogen-bond donors (Lipinski definition) is 1. The van der Waals surface area contributed by atoms with Gasteiger partial charge in [0.25, 0.3) is 5.91 Å². The van der Waals surface area contributed by atoms with Gasteiger partial charge in [-0.2, -0.15) is 5.26 Å². The highest BCUT2D eigenvalue weighted by atomic mass is 16.5. The van der Waals surface area contributed by atoms with E-state index in [2.05, 4.69) is 40.5 Å². The number of furan rings is 1. The minimum absolute atomic E-state index is 0.0169. The fraction of sp³-hybridized carbons (Fsp3) is 0.217. The van der Waals surface area contributed by atoms with Crippen LogP contribution >= 0.6 is 0 Å². The van der Waals surface area contributed by atoms with Crippen molar-refractivity contribution in [2.24, 2.45) is 0 Å². The number of benzene rings is 2. The number of nitrogens with zero attached hydrogens (tertiary/aromatic N) is 2. The van der Waals surface area contributed by atoms with Crippen LogP contribution in [0.2, 0.25) is 0 Å². The van der Waals surface area contributed by atoms with E-state index >= 15 is 0 Å². The normalized spacial score (nSPS) is 11.3. The van der Waals surface area contributed by atoms with Gasteiger partial charge in [0.15, 0.2) is 0 Å². The van der Waals surface area contributed by atoms with Crippen LogP contribution in [0.25, 0.3) is 28.2 Å². The number of fused-ring (bicyclic) bond motifs is 1. The summed E-state index contributed by atoms with van der Waals surface area (Å²) in [6.07, 6.45) is 1.44. The first kappa shape index (κ1) is 20.2. The first-order valence-electron chi connectivity index (χ1n) is 9.22. The van der Waals surface area contributed by atoms with Gasteiger partial charge in [-0.25, -0.2) is 0 Å². The predicted octanol–water partition coefficient (Wildman–Crippen LogP) is 3.84. The molecule has 0 bridgehead atoms. The summed E-state index contributed by atoms with van der Waals surface area (Å²) in [5.74, 6) is 0.665. The zero-order chi connectivity index (χ0) is 20.8. The fourth-order valence-electron chi connectivity index (χ4n) is 2.90. The number of amides is 1. The Kier molecular flexibility index (Phi) is 6.32. The highest BCUT2D eigenvalue weighted by Gasteiger charge is 2.11.